The molecule has 0 aliphatic rings. The summed E-state index contributed by atoms with van der Waals surface area (Å²) in [7, 11) is 0. The fraction of sp³-hybridized carbons (Fsp3) is 1.00. The molecule has 0 amide bonds. The van der Waals surface area contributed by atoms with Gasteiger partial charge in [-0.3, -0.25) is 0 Å². The van der Waals surface area contributed by atoms with E-state index in [-0.39, 0.29) is 5.21 Å². The molecule has 0 fully saturated rings. The van der Waals surface area contributed by atoms with Gasteiger partial charge in [0.25, 0.3) is 0 Å². The summed E-state index contributed by atoms with van der Waals surface area (Å²) in [5, 5.41) is -0.0399. The van der Waals surface area contributed by atoms with Gasteiger partial charge < -0.3 is 0 Å². The molecule has 8 heavy (non-hydrogen) atoms. The number of hydrogen-bond acceptors (Lipinski definition) is 1. The van der Waals surface area contributed by atoms with Gasteiger partial charge in [0, 0.05) is 0 Å². The van der Waals surface area contributed by atoms with E-state index in [9.17, 15) is 3.74 Å². The summed E-state index contributed by atoms with van der Waals surface area (Å²) >= 11 is 0.869. The maximum atomic E-state index is 10.1. The molecule has 0 saturated carbocycles. The summed E-state index contributed by atoms with van der Waals surface area (Å²) < 4.78 is 26.6. The fourth-order valence-electron chi connectivity index (χ4n) is 0.266. The first-order chi connectivity index (χ1) is 3.56. The van der Waals surface area contributed by atoms with Crippen molar-refractivity contribution < 1.29 is 11.9 Å². The summed E-state index contributed by atoms with van der Waals surface area (Å²) in [4.78, 5) is 0. The third-order valence-electron chi connectivity index (χ3n) is 0.583. The molecule has 0 rings (SSSR count). The number of rotatable bonds is 3. The van der Waals surface area contributed by atoms with E-state index < -0.39 is 14.2 Å². The zero-order valence-corrected chi connectivity index (χ0v) is 6.88. The second-order valence-corrected chi connectivity index (χ2v) is 5.54. The van der Waals surface area contributed by atoms with Gasteiger partial charge in [-0.2, -0.15) is 0 Å². The summed E-state index contributed by atoms with van der Waals surface area (Å²) in [5.41, 5.74) is 0. The normalized spacial score (nSPS) is 11.9. The third-order valence-corrected chi connectivity index (χ3v) is 2.74. The minimum atomic E-state index is -4.30. The molecule has 0 spiro atoms. The van der Waals surface area contributed by atoms with E-state index in [0.29, 0.717) is 12.3 Å². The molecule has 3 nitrogen and oxygen atoms in total. The molecule has 0 aromatic heterocycles. The SMILES string of the molecule is O=[As](O)(O)CCCCl. The van der Waals surface area contributed by atoms with E-state index in [0.717, 1.165) is 0 Å². The number of hydrogen-bond donors (Lipinski definition) is 2. The summed E-state index contributed by atoms with van der Waals surface area (Å²) in [6.45, 7) is 0. The van der Waals surface area contributed by atoms with Crippen molar-refractivity contribution in [3.05, 3.63) is 0 Å². The third kappa shape index (κ3) is 6.57. The van der Waals surface area contributed by atoms with E-state index >= 15 is 0 Å². The van der Waals surface area contributed by atoms with Gasteiger partial charge in [0.1, 0.15) is 0 Å². The van der Waals surface area contributed by atoms with Crippen molar-refractivity contribution >= 4 is 25.8 Å². The summed E-state index contributed by atoms with van der Waals surface area (Å²) in [6.07, 6.45) is 0.408. The van der Waals surface area contributed by atoms with Gasteiger partial charge in [-0.1, -0.05) is 0 Å². The predicted octanol–water partition coefficient (Wildman–Crippen LogP) is -0.0307. The average Bonchev–Trinajstić information content (AvgIpc) is 1.59. The first kappa shape index (κ1) is 8.57. The molecule has 5 heteroatoms. The monoisotopic (exact) mass is 202 g/mol. The first-order valence-corrected chi connectivity index (χ1v) is 6.47. The Morgan fingerprint density at radius 1 is 1.50 bits per heavy atom. The molecular formula is C3H8AsClO3. The zero-order chi connectivity index (χ0) is 6.62. The molecule has 0 aliphatic carbocycles. The van der Waals surface area contributed by atoms with Crippen LogP contribution in [0.5, 0.6) is 0 Å². The Bertz CT molecular complexity index is 98.7. The average molecular weight is 202 g/mol. The van der Waals surface area contributed by atoms with Gasteiger partial charge >= 0.3 is 55.2 Å². The second kappa shape index (κ2) is 3.57. The van der Waals surface area contributed by atoms with Crippen LogP contribution in [0.4, 0.5) is 0 Å². The molecule has 0 saturated heterocycles. The quantitative estimate of drug-likeness (QED) is 0.499. The van der Waals surface area contributed by atoms with Gasteiger partial charge in [0.2, 0.25) is 0 Å². The molecule has 0 aromatic rings. The van der Waals surface area contributed by atoms with Crippen molar-refractivity contribution in [1.29, 1.82) is 0 Å². The van der Waals surface area contributed by atoms with E-state index in [1.807, 2.05) is 0 Å². The Balaban J connectivity index is 3.26. The second-order valence-electron chi connectivity index (χ2n) is 1.43. The molecule has 0 radical (unpaired) electrons. The van der Waals surface area contributed by atoms with Gasteiger partial charge in [0.05, 0.1) is 0 Å². The molecule has 0 aromatic carbocycles. The standard InChI is InChI=1S/C3H8AsClO3/c5-3-1-2-4(6,7)8/h1-3H2,(H2,6,7,8). The van der Waals surface area contributed by atoms with Crippen LogP contribution >= 0.6 is 11.6 Å². The van der Waals surface area contributed by atoms with E-state index in [1.54, 1.807) is 0 Å². The summed E-state index contributed by atoms with van der Waals surface area (Å²) in [6, 6.07) is 0. The molecule has 0 heterocycles. The van der Waals surface area contributed by atoms with Crippen molar-refractivity contribution in [3.63, 3.8) is 0 Å². The maximum absolute atomic E-state index is 10.1. The van der Waals surface area contributed by atoms with Crippen molar-refractivity contribution in [2.24, 2.45) is 0 Å². The molecule has 50 valence electrons. The van der Waals surface area contributed by atoms with Crippen LogP contribution in [0.2, 0.25) is 5.21 Å². The van der Waals surface area contributed by atoms with Crippen LogP contribution in [0.3, 0.4) is 0 Å². The van der Waals surface area contributed by atoms with E-state index in [2.05, 4.69) is 0 Å². The van der Waals surface area contributed by atoms with Crippen molar-refractivity contribution in [1.82, 2.24) is 0 Å². The topological polar surface area (TPSA) is 57.5 Å². The van der Waals surface area contributed by atoms with Crippen LogP contribution in [0.15, 0.2) is 0 Å². The van der Waals surface area contributed by atoms with Crippen LogP contribution in [0.25, 0.3) is 0 Å². The van der Waals surface area contributed by atoms with Crippen molar-refractivity contribution in [3.8, 4) is 0 Å². The number of alkyl halides is 1. The zero-order valence-electron chi connectivity index (χ0n) is 4.25. The van der Waals surface area contributed by atoms with Gasteiger partial charge in [-0.15, -0.1) is 0 Å². The summed E-state index contributed by atoms with van der Waals surface area (Å²) in [5.74, 6) is 0.326. The van der Waals surface area contributed by atoms with E-state index in [4.69, 9.17) is 19.8 Å². The Morgan fingerprint density at radius 2 is 2.00 bits per heavy atom. The first-order valence-electron chi connectivity index (χ1n) is 2.17. The Labute approximate surface area is 55.7 Å². The Morgan fingerprint density at radius 3 is 2.12 bits per heavy atom. The fourth-order valence-corrected chi connectivity index (χ4v) is 2.00. The molecule has 0 atom stereocenters. The Kier molecular flexibility index (Phi) is 3.82. The van der Waals surface area contributed by atoms with Crippen LogP contribution in [0.1, 0.15) is 6.42 Å². The van der Waals surface area contributed by atoms with Crippen LogP contribution in [-0.2, 0) is 3.74 Å². The Hall–Kier alpha value is 0.568. The van der Waals surface area contributed by atoms with Gasteiger partial charge in [-0.25, -0.2) is 0 Å². The van der Waals surface area contributed by atoms with Crippen molar-refractivity contribution in [2.75, 3.05) is 5.88 Å². The predicted molar refractivity (Wildman–Crippen MR) is 31.0 cm³/mol. The van der Waals surface area contributed by atoms with Crippen LogP contribution < -0.4 is 0 Å². The molecule has 2 N–H and O–H groups in total. The van der Waals surface area contributed by atoms with Gasteiger partial charge in [-0.05, 0) is 0 Å². The number of halogens is 1. The molecule has 0 bridgehead atoms. The minimum absolute atomic E-state index is 0.0399. The van der Waals surface area contributed by atoms with E-state index in [1.165, 1.54) is 0 Å². The van der Waals surface area contributed by atoms with Crippen LogP contribution in [-0.4, -0.2) is 28.2 Å². The van der Waals surface area contributed by atoms with Crippen LogP contribution in [0, 0.1) is 0 Å². The molecule has 0 unspecified atom stereocenters. The molecule has 0 aliphatic heterocycles. The molecular weight excluding hydrogens is 194 g/mol. The van der Waals surface area contributed by atoms with Gasteiger partial charge in [0.15, 0.2) is 0 Å². The van der Waals surface area contributed by atoms with Crippen molar-refractivity contribution in [2.45, 2.75) is 11.6 Å².